The maximum Gasteiger partial charge on any atom is 0.260 e. The van der Waals surface area contributed by atoms with Crippen molar-refractivity contribution in [2.24, 2.45) is 0 Å². The van der Waals surface area contributed by atoms with Crippen molar-refractivity contribution < 1.29 is 19.2 Å². The molecule has 1 saturated heterocycles. The van der Waals surface area contributed by atoms with Crippen molar-refractivity contribution in [1.82, 2.24) is 15.1 Å². The standard InChI is InChI=1S/C24H24N4O4/c29-20(25-12-15-26-13-5-10-21(26)30)11-14-27-22-16-6-1-2-7-17(16)24(32)28(22)19-9-4-3-8-18(19)23(27)31/h1-4,6-9,22H,5,10-15H2,(H,25,29)/t22-/m0/s1. The Kier molecular flexibility index (Phi) is 5.13. The first kappa shape index (κ1) is 20.2. The summed E-state index contributed by atoms with van der Waals surface area (Å²) in [7, 11) is 0. The minimum atomic E-state index is -0.559. The fourth-order valence-corrected chi connectivity index (χ4v) is 4.78. The third kappa shape index (κ3) is 3.32. The molecule has 8 heteroatoms. The second-order valence-electron chi connectivity index (χ2n) is 8.24. The number of hydrogen-bond donors (Lipinski definition) is 1. The van der Waals surface area contributed by atoms with Crippen LogP contribution in [0.4, 0.5) is 5.69 Å². The summed E-state index contributed by atoms with van der Waals surface area (Å²) in [5.74, 6) is -0.397. The number of carbonyl (C=O) groups excluding carboxylic acids is 4. The van der Waals surface area contributed by atoms with Crippen molar-refractivity contribution in [3.8, 4) is 0 Å². The van der Waals surface area contributed by atoms with E-state index in [9.17, 15) is 19.2 Å². The topological polar surface area (TPSA) is 90.0 Å². The molecule has 3 heterocycles. The summed E-state index contributed by atoms with van der Waals surface area (Å²) in [4.78, 5) is 55.6. The Balaban J connectivity index is 1.32. The van der Waals surface area contributed by atoms with Crippen LogP contribution in [0.25, 0.3) is 0 Å². The van der Waals surface area contributed by atoms with Crippen molar-refractivity contribution in [1.29, 1.82) is 0 Å². The molecule has 0 spiro atoms. The number of carbonyl (C=O) groups is 4. The molecule has 0 unspecified atom stereocenters. The Labute approximate surface area is 185 Å². The summed E-state index contributed by atoms with van der Waals surface area (Å²) >= 11 is 0. The van der Waals surface area contributed by atoms with Gasteiger partial charge in [-0.1, -0.05) is 30.3 Å². The van der Waals surface area contributed by atoms with Gasteiger partial charge < -0.3 is 15.1 Å². The highest BCUT2D eigenvalue weighted by molar-refractivity contribution is 6.16. The molecule has 0 radical (unpaired) electrons. The van der Waals surface area contributed by atoms with E-state index in [4.69, 9.17) is 0 Å². The molecule has 32 heavy (non-hydrogen) atoms. The lowest BCUT2D eigenvalue weighted by Gasteiger charge is -2.40. The minimum Gasteiger partial charge on any atom is -0.354 e. The Hall–Kier alpha value is -3.68. The quantitative estimate of drug-likeness (QED) is 0.755. The number of para-hydroxylation sites is 1. The molecule has 1 fully saturated rings. The molecule has 3 aliphatic rings. The maximum absolute atomic E-state index is 13.3. The predicted molar refractivity (Wildman–Crippen MR) is 117 cm³/mol. The van der Waals surface area contributed by atoms with E-state index in [0.717, 1.165) is 18.5 Å². The van der Waals surface area contributed by atoms with Gasteiger partial charge in [0, 0.05) is 50.1 Å². The number of hydrogen-bond acceptors (Lipinski definition) is 4. The summed E-state index contributed by atoms with van der Waals surface area (Å²) in [5, 5.41) is 2.84. The Morgan fingerprint density at radius 3 is 2.47 bits per heavy atom. The van der Waals surface area contributed by atoms with Crippen LogP contribution in [0, 0.1) is 0 Å². The first-order valence-electron chi connectivity index (χ1n) is 10.9. The number of anilines is 1. The zero-order valence-electron chi connectivity index (χ0n) is 17.6. The molecule has 0 bridgehead atoms. The van der Waals surface area contributed by atoms with Crippen molar-refractivity contribution in [3.05, 3.63) is 65.2 Å². The lowest BCUT2D eigenvalue weighted by Crippen LogP contribution is -2.49. The number of fused-ring (bicyclic) bond motifs is 5. The van der Waals surface area contributed by atoms with Crippen molar-refractivity contribution in [2.45, 2.75) is 25.4 Å². The lowest BCUT2D eigenvalue weighted by molar-refractivity contribution is -0.128. The van der Waals surface area contributed by atoms with E-state index in [2.05, 4.69) is 5.32 Å². The van der Waals surface area contributed by atoms with Crippen LogP contribution in [-0.4, -0.2) is 59.6 Å². The fourth-order valence-electron chi connectivity index (χ4n) is 4.78. The van der Waals surface area contributed by atoms with E-state index in [1.165, 1.54) is 0 Å². The minimum absolute atomic E-state index is 0.114. The molecule has 1 N–H and O–H groups in total. The average Bonchev–Trinajstić information content (AvgIpc) is 3.35. The van der Waals surface area contributed by atoms with Gasteiger partial charge in [0.05, 0.1) is 11.3 Å². The molecule has 2 aromatic rings. The van der Waals surface area contributed by atoms with Crippen LogP contribution < -0.4 is 10.2 Å². The van der Waals surface area contributed by atoms with E-state index >= 15 is 0 Å². The number of likely N-dealkylation sites (tertiary alicyclic amines) is 1. The van der Waals surface area contributed by atoms with Gasteiger partial charge in [0.15, 0.2) is 0 Å². The second-order valence-corrected chi connectivity index (χ2v) is 8.24. The van der Waals surface area contributed by atoms with Crippen LogP contribution in [0.15, 0.2) is 48.5 Å². The fraction of sp³-hybridized carbons (Fsp3) is 0.333. The van der Waals surface area contributed by atoms with Crippen molar-refractivity contribution in [2.75, 3.05) is 31.1 Å². The van der Waals surface area contributed by atoms with Crippen LogP contribution in [0.1, 0.15) is 51.7 Å². The van der Waals surface area contributed by atoms with E-state index < -0.39 is 6.17 Å². The number of benzene rings is 2. The highest BCUT2D eigenvalue weighted by atomic mass is 16.2. The number of nitrogens with one attached hydrogen (secondary N) is 1. The Bertz CT molecular complexity index is 1110. The van der Waals surface area contributed by atoms with Gasteiger partial charge in [-0.25, -0.2) is 0 Å². The van der Waals surface area contributed by atoms with Gasteiger partial charge in [-0.3, -0.25) is 24.1 Å². The smallest absolute Gasteiger partial charge is 0.260 e. The molecule has 0 aliphatic carbocycles. The molecule has 3 aliphatic heterocycles. The van der Waals surface area contributed by atoms with E-state index in [1.54, 1.807) is 39.0 Å². The first-order valence-corrected chi connectivity index (χ1v) is 10.9. The normalized spacial score (nSPS) is 19.2. The second kappa shape index (κ2) is 8.11. The highest BCUT2D eigenvalue weighted by Gasteiger charge is 2.47. The molecule has 5 rings (SSSR count). The van der Waals surface area contributed by atoms with E-state index in [1.807, 2.05) is 24.3 Å². The molecule has 0 saturated carbocycles. The van der Waals surface area contributed by atoms with Gasteiger partial charge in [-0.05, 0) is 24.6 Å². The number of nitrogens with zero attached hydrogens (tertiary/aromatic N) is 3. The van der Waals surface area contributed by atoms with Gasteiger partial charge in [0.1, 0.15) is 6.17 Å². The molecule has 164 valence electrons. The summed E-state index contributed by atoms with van der Waals surface area (Å²) in [5.41, 5.74) is 2.40. The SMILES string of the molecule is O=C(CCN1C(=O)c2ccccc2N2C(=O)c3ccccc3[C@@H]12)NCCN1CCCC1=O. The van der Waals surface area contributed by atoms with Gasteiger partial charge >= 0.3 is 0 Å². The summed E-state index contributed by atoms with van der Waals surface area (Å²) in [6.07, 6.45) is 0.993. The third-order valence-electron chi connectivity index (χ3n) is 6.34. The molecular formula is C24H24N4O4. The van der Waals surface area contributed by atoms with Crippen molar-refractivity contribution in [3.63, 3.8) is 0 Å². The lowest BCUT2D eigenvalue weighted by atomic mass is 10.0. The molecule has 2 aromatic carbocycles. The summed E-state index contributed by atoms with van der Waals surface area (Å²) in [6.45, 7) is 1.81. The van der Waals surface area contributed by atoms with E-state index in [0.29, 0.717) is 36.3 Å². The largest absolute Gasteiger partial charge is 0.354 e. The molecule has 0 aromatic heterocycles. The van der Waals surface area contributed by atoms with Crippen LogP contribution >= 0.6 is 0 Å². The molecular weight excluding hydrogens is 408 g/mol. The highest BCUT2D eigenvalue weighted by Crippen LogP contribution is 2.45. The number of rotatable bonds is 6. The van der Waals surface area contributed by atoms with Crippen LogP contribution in [0.3, 0.4) is 0 Å². The zero-order chi connectivity index (χ0) is 22.2. The number of amides is 4. The third-order valence-corrected chi connectivity index (χ3v) is 6.34. The Morgan fingerprint density at radius 2 is 1.69 bits per heavy atom. The molecule has 4 amide bonds. The van der Waals surface area contributed by atoms with Gasteiger partial charge in [0.25, 0.3) is 11.8 Å². The average molecular weight is 432 g/mol. The van der Waals surface area contributed by atoms with Crippen LogP contribution in [-0.2, 0) is 9.59 Å². The predicted octanol–water partition coefficient (Wildman–Crippen LogP) is 1.93. The van der Waals surface area contributed by atoms with Gasteiger partial charge in [-0.15, -0.1) is 0 Å². The Morgan fingerprint density at radius 1 is 0.938 bits per heavy atom. The first-order chi connectivity index (χ1) is 15.6. The summed E-state index contributed by atoms with van der Waals surface area (Å²) < 4.78 is 0. The van der Waals surface area contributed by atoms with Gasteiger partial charge in [0.2, 0.25) is 11.8 Å². The maximum atomic E-state index is 13.3. The van der Waals surface area contributed by atoms with Gasteiger partial charge in [-0.2, -0.15) is 0 Å². The van der Waals surface area contributed by atoms with Crippen LogP contribution in [0.2, 0.25) is 0 Å². The molecule has 1 atom stereocenters. The summed E-state index contributed by atoms with van der Waals surface area (Å²) in [6, 6.07) is 14.4. The van der Waals surface area contributed by atoms with E-state index in [-0.39, 0.29) is 36.6 Å². The van der Waals surface area contributed by atoms with Crippen LogP contribution in [0.5, 0.6) is 0 Å². The monoisotopic (exact) mass is 432 g/mol. The zero-order valence-corrected chi connectivity index (χ0v) is 17.6. The molecule has 8 nitrogen and oxygen atoms in total. The van der Waals surface area contributed by atoms with Crippen molar-refractivity contribution >= 4 is 29.3 Å².